The summed E-state index contributed by atoms with van der Waals surface area (Å²) in [6.45, 7) is 2.77. The van der Waals surface area contributed by atoms with E-state index < -0.39 is 12.2 Å². The summed E-state index contributed by atoms with van der Waals surface area (Å²) in [5.41, 5.74) is 0. The van der Waals surface area contributed by atoms with E-state index in [2.05, 4.69) is 12.2 Å². The van der Waals surface area contributed by atoms with Gasteiger partial charge in [-0.05, 0) is 12.2 Å². The van der Waals surface area contributed by atoms with Crippen LogP contribution in [-0.2, 0) is 19.1 Å². The van der Waals surface area contributed by atoms with Crippen molar-refractivity contribution in [2.24, 2.45) is 0 Å². The molecule has 0 bridgehead atoms. The highest BCUT2D eigenvalue weighted by Gasteiger charge is 2.51. The van der Waals surface area contributed by atoms with Crippen molar-refractivity contribution in [1.29, 1.82) is 0 Å². The fourth-order valence-electron chi connectivity index (χ4n) is 2.89. The summed E-state index contributed by atoms with van der Waals surface area (Å²) in [5, 5.41) is 0. The van der Waals surface area contributed by atoms with Crippen LogP contribution in [0.5, 0.6) is 0 Å². The molecule has 6 nitrogen and oxygen atoms in total. The summed E-state index contributed by atoms with van der Waals surface area (Å²) in [4.78, 5) is 23.1. The smallest absolute Gasteiger partial charge is 0.303 e. The maximum atomic E-state index is 11.6. The SMILES string of the molecule is CC(=O)OC1C([N+](C)(C)C)C=C[C@@H]([N+](C)(C)C)[C@@H]1OC(C)=O. The standard InChI is InChI=1S/C16H30N2O4/c1-11(19)21-15-13(17(3,4)5)9-10-14(18(6,7)8)16(15)22-12(2)20/h9-10,13-16H,1-8H3/q+2/t13-,14?,15+,16?/m1/s1. The van der Waals surface area contributed by atoms with E-state index in [4.69, 9.17) is 9.47 Å². The molecule has 0 aliphatic heterocycles. The molecule has 1 rings (SSSR count). The summed E-state index contributed by atoms with van der Waals surface area (Å²) in [7, 11) is 12.2. The minimum Gasteiger partial charge on any atom is -0.452 e. The van der Waals surface area contributed by atoms with Gasteiger partial charge < -0.3 is 18.4 Å². The van der Waals surface area contributed by atoms with Gasteiger partial charge in [0.1, 0.15) is 12.1 Å². The molecule has 0 amide bonds. The van der Waals surface area contributed by atoms with Gasteiger partial charge in [-0.15, -0.1) is 0 Å². The molecular formula is C16H30N2O4+2. The molecule has 4 atom stereocenters. The first-order valence-corrected chi connectivity index (χ1v) is 7.49. The second-order valence-corrected chi connectivity index (χ2v) is 7.75. The Morgan fingerprint density at radius 2 is 1.00 bits per heavy atom. The van der Waals surface area contributed by atoms with Crippen LogP contribution in [0.1, 0.15) is 13.8 Å². The Labute approximate surface area is 133 Å². The molecule has 0 saturated heterocycles. The summed E-state index contributed by atoms with van der Waals surface area (Å²) in [5.74, 6) is -0.730. The van der Waals surface area contributed by atoms with E-state index in [-0.39, 0.29) is 24.0 Å². The minimum atomic E-state index is -0.506. The summed E-state index contributed by atoms with van der Waals surface area (Å²) in [6.07, 6.45) is 3.13. The molecule has 0 spiro atoms. The van der Waals surface area contributed by atoms with Gasteiger partial charge in [0.2, 0.25) is 0 Å². The third-order valence-electron chi connectivity index (χ3n) is 3.90. The predicted octanol–water partition coefficient (Wildman–Crippen LogP) is 0.569. The van der Waals surface area contributed by atoms with Crippen molar-refractivity contribution in [3.05, 3.63) is 12.2 Å². The van der Waals surface area contributed by atoms with Gasteiger partial charge in [0.15, 0.2) is 12.2 Å². The second kappa shape index (κ2) is 6.38. The van der Waals surface area contributed by atoms with Crippen molar-refractivity contribution in [2.75, 3.05) is 42.3 Å². The number of esters is 2. The highest BCUT2D eigenvalue weighted by Crippen LogP contribution is 2.29. The Bertz CT molecular complexity index is 418. The third kappa shape index (κ3) is 4.55. The van der Waals surface area contributed by atoms with E-state index in [1.54, 1.807) is 0 Å². The average Bonchev–Trinajstić information content (AvgIpc) is 2.26. The first-order chi connectivity index (χ1) is 9.84. The topological polar surface area (TPSA) is 52.6 Å². The molecular weight excluding hydrogens is 284 g/mol. The molecule has 1 aliphatic carbocycles. The average molecular weight is 314 g/mol. The molecule has 22 heavy (non-hydrogen) atoms. The van der Waals surface area contributed by atoms with Crippen LogP contribution in [0.4, 0.5) is 0 Å². The first kappa shape index (κ1) is 18.6. The molecule has 0 N–H and O–H groups in total. The molecule has 0 aromatic heterocycles. The maximum absolute atomic E-state index is 11.6. The van der Waals surface area contributed by atoms with Crippen molar-refractivity contribution >= 4 is 11.9 Å². The molecule has 0 radical (unpaired) electrons. The Morgan fingerprint density at radius 3 is 1.18 bits per heavy atom. The van der Waals surface area contributed by atoms with Crippen molar-refractivity contribution < 1.29 is 28.0 Å². The van der Waals surface area contributed by atoms with Crippen LogP contribution in [0.25, 0.3) is 0 Å². The number of hydrogen-bond acceptors (Lipinski definition) is 4. The number of carbonyl (C=O) groups is 2. The molecule has 0 aromatic carbocycles. The van der Waals surface area contributed by atoms with Crippen LogP contribution in [0.3, 0.4) is 0 Å². The van der Waals surface area contributed by atoms with E-state index in [1.807, 2.05) is 42.3 Å². The predicted molar refractivity (Wildman–Crippen MR) is 83.9 cm³/mol. The van der Waals surface area contributed by atoms with E-state index in [1.165, 1.54) is 13.8 Å². The first-order valence-electron chi connectivity index (χ1n) is 7.49. The highest BCUT2D eigenvalue weighted by molar-refractivity contribution is 5.67. The lowest BCUT2D eigenvalue weighted by atomic mass is 9.88. The molecule has 0 saturated carbocycles. The van der Waals surface area contributed by atoms with Crippen molar-refractivity contribution in [3.8, 4) is 0 Å². The number of quaternary nitrogens is 2. The van der Waals surface area contributed by atoms with E-state index in [0.717, 1.165) is 0 Å². The van der Waals surface area contributed by atoms with Crippen LogP contribution >= 0.6 is 0 Å². The Hall–Kier alpha value is -1.40. The lowest BCUT2D eigenvalue weighted by molar-refractivity contribution is -0.905. The Balaban J connectivity index is 3.31. The van der Waals surface area contributed by atoms with Gasteiger partial charge in [-0.2, -0.15) is 0 Å². The second-order valence-electron chi connectivity index (χ2n) is 7.75. The number of ether oxygens (including phenoxy) is 2. The quantitative estimate of drug-likeness (QED) is 0.432. The monoisotopic (exact) mass is 314 g/mol. The molecule has 1 aliphatic rings. The largest absolute Gasteiger partial charge is 0.452 e. The molecule has 6 heteroatoms. The number of nitrogens with zero attached hydrogens (tertiary/aromatic N) is 2. The van der Waals surface area contributed by atoms with Crippen molar-refractivity contribution in [1.82, 2.24) is 0 Å². The number of carbonyl (C=O) groups excluding carboxylic acids is 2. The van der Waals surface area contributed by atoms with Crippen LogP contribution in [0.2, 0.25) is 0 Å². The van der Waals surface area contributed by atoms with Gasteiger partial charge in [0.05, 0.1) is 42.3 Å². The maximum Gasteiger partial charge on any atom is 0.303 e. The van der Waals surface area contributed by atoms with Crippen LogP contribution in [0.15, 0.2) is 12.2 Å². The van der Waals surface area contributed by atoms with E-state index in [0.29, 0.717) is 8.97 Å². The van der Waals surface area contributed by atoms with Gasteiger partial charge in [-0.1, -0.05) is 0 Å². The lowest BCUT2D eigenvalue weighted by Crippen LogP contribution is -2.65. The van der Waals surface area contributed by atoms with Crippen LogP contribution in [0, 0.1) is 0 Å². The number of likely N-dealkylation sites (N-methyl/N-ethyl adjacent to an activating group) is 2. The fraction of sp³-hybridized carbons (Fsp3) is 0.750. The van der Waals surface area contributed by atoms with Gasteiger partial charge in [0, 0.05) is 13.8 Å². The van der Waals surface area contributed by atoms with Crippen LogP contribution in [-0.4, -0.2) is 87.5 Å². The molecule has 0 fully saturated rings. The van der Waals surface area contributed by atoms with Crippen LogP contribution < -0.4 is 0 Å². The summed E-state index contributed by atoms with van der Waals surface area (Å²) in [6, 6.07) is -0.146. The normalized spacial score (nSPS) is 29.1. The van der Waals surface area contributed by atoms with Crippen molar-refractivity contribution in [3.63, 3.8) is 0 Å². The third-order valence-corrected chi connectivity index (χ3v) is 3.90. The van der Waals surface area contributed by atoms with Crippen molar-refractivity contribution in [2.45, 2.75) is 38.1 Å². The van der Waals surface area contributed by atoms with Gasteiger partial charge >= 0.3 is 11.9 Å². The number of rotatable bonds is 4. The Morgan fingerprint density at radius 1 is 0.727 bits per heavy atom. The zero-order valence-corrected chi connectivity index (χ0v) is 15.0. The molecule has 126 valence electrons. The summed E-state index contributed by atoms with van der Waals surface area (Å²) >= 11 is 0. The lowest BCUT2D eigenvalue weighted by Gasteiger charge is -2.46. The minimum absolute atomic E-state index is 0.0731. The van der Waals surface area contributed by atoms with Gasteiger partial charge in [-0.3, -0.25) is 9.59 Å². The van der Waals surface area contributed by atoms with Gasteiger partial charge in [-0.25, -0.2) is 0 Å². The van der Waals surface area contributed by atoms with E-state index >= 15 is 0 Å². The van der Waals surface area contributed by atoms with E-state index in [9.17, 15) is 9.59 Å². The molecule has 0 aromatic rings. The Kier molecular flexibility index (Phi) is 5.41. The number of hydrogen-bond donors (Lipinski definition) is 0. The summed E-state index contributed by atoms with van der Waals surface area (Å²) < 4.78 is 12.3. The zero-order chi connectivity index (χ0) is 17.3. The zero-order valence-electron chi connectivity index (χ0n) is 15.0. The molecule has 0 heterocycles. The van der Waals surface area contributed by atoms with Gasteiger partial charge in [0.25, 0.3) is 0 Å². The fourth-order valence-corrected chi connectivity index (χ4v) is 2.89. The highest BCUT2D eigenvalue weighted by atomic mass is 16.6. The molecule has 2 unspecified atom stereocenters.